The Morgan fingerprint density at radius 3 is 2.33 bits per heavy atom. The molecule has 1 aliphatic carbocycles. The fourth-order valence-corrected chi connectivity index (χ4v) is 5.04. The zero-order chi connectivity index (χ0) is 22.5. The number of rotatable bonds is 4. The molecule has 6 nitrogen and oxygen atoms in total. The van der Waals surface area contributed by atoms with Crippen LogP contribution >= 0.6 is 0 Å². The van der Waals surface area contributed by atoms with Gasteiger partial charge in [-0.05, 0) is 52.9 Å². The van der Waals surface area contributed by atoms with E-state index in [1.54, 1.807) is 24.3 Å². The highest BCUT2D eigenvalue weighted by atomic mass is 16.3. The maximum atomic E-state index is 11.3. The largest absolute Gasteiger partial charge is 0.508 e. The Morgan fingerprint density at radius 1 is 0.818 bits per heavy atom. The predicted octanol–water partition coefficient (Wildman–Crippen LogP) is 4.47. The first-order chi connectivity index (χ1) is 16.1. The minimum atomic E-state index is -0.131. The molecule has 4 aromatic rings. The van der Waals surface area contributed by atoms with Crippen molar-refractivity contribution in [2.45, 2.75) is 31.3 Å². The summed E-state index contributed by atoms with van der Waals surface area (Å²) in [5, 5.41) is 30.9. The van der Waals surface area contributed by atoms with Gasteiger partial charge in [-0.25, -0.2) is 4.98 Å². The lowest BCUT2D eigenvalue weighted by molar-refractivity contribution is 0.351. The van der Waals surface area contributed by atoms with Crippen molar-refractivity contribution < 1.29 is 15.3 Å². The van der Waals surface area contributed by atoms with Gasteiger partial charge in [-0.1, -0.05) is 48.5 Å². The number of nitrogens with zero attached hydrogens (tertiary/aromatic N) is 3. The summed E-state index contributed by atoms with van der Waals surface area (Å²) in [6, 6.07) is 22.3. The molecule has 1 aliphatic heterocycles. The number of aromatic nitrogens is 2. The van der Waals surface area contributed by atoms with E-state index in [1.165, 1.54) is 0 Å². The molecule has 2 aliphatic rings. The van der Waals surface area contributed by atoms with E-state index in [2.05, 4.69) is 12.1 Å². The first-order valence-corrected chi connectivity index (χ1v) is 11.1. The van der Waals surface area contributed by atoms with Gasteiger partial charge in [0.2, 0.25) is 5.88 Å². The summed E-state index contributed by atoms with van der Waals surface area (Å²) in [6.07, 6.45) is 1.74. The lowest BCUT2D eigenvalue weighted by Crippen LogP contribution is -2.26. The Kier molecular flexibility index (Phi) is 4.47. The van der Waals surface area contributed by atoms with Crippen molar-refractivity contribution in [2.75, 3.05) is 0 Å². The van der Waals surface area contributed by atoms with Gasteiger partial charge in [0, 0.05) is 12.8 Å². The summed E-state index contributed by atoms with van der Waals surface area (Å²) in [7, 11) is 0. The first kappa shape index (κ1) is 19.6. The van der Waals surface area contributed by atoms with Crippen LogP contribution in [0.1, 0.15) is 45.9 Å². The molecule has 2 heterocycles. The van der Waals surface area contributed by atoms with Gasteiger partial charge in [-0.3, -0.25) is 9.56 Å². The van der Waals surface area contributed by atoms with Crippen LogP contribution in [-0.2, 0) is 19.3 Å². The quantitative estimate of drug-likeness (QED) is 0.439. The Bertz CT molecular complexity index is 1370. The van der Waals surface area contributed by atoms with Crippen molar-refractivity contribution in [1.29, 1.82) is 0 Å². The van der Waals surface area contributed by atoms with Gasteiger partial charge in [0.1, 0.15) is 17.2 Å². The van der Waals surface area contributed by atoms with Crippen molar-refractivity contribution in [3.05, 3.63) is 107 Å². The highest BCUT2D eigenvalue weighted by molar-refractivity contribution is 6.00. The zero-order valence-corrected chi connectivity index (χ0v) is 17.9. The van der Waals surface area contributed by atoms with Gasteiger partial charge in [0.25, 0.3) is 0 Å². The van der Waals surface area contributed by atoms with Crippen molar-refractivity contribution >= 4 is 5.71 Å². The van der Waals surface area contributed by atoms with Crippen molar-refractivity contribution in [1.82, 2.24) is 9.55 Å². The van der Waals surface area contributed by atoms with Gasteiger partial charge in [0.05, 0.1) is 17.8 Å². The Labute approximate surface area is 191 Å². The summed E-state index contributed by atoms with van der Waals surface area (Å²) in [5.41, 5.74) is 5.66. The third kappa shape index (κ3) is 3.35. The van der Waals surface area contributed by atoms with Crippen molar-refractivity contribution in [3.63, 3.8) is 0 Å². The van der Waals surface area contributed by atoms with Gasteiger partial charge >= 0.3 is 0 Å². The number of benzene rings is 3. The smallest absolute Gasteiger partial charge is 0.215 e. The number of phenolic OH excluding ortho intramolecular Hbond substituents is 2. The molecule has 0 unspecified atom stereocenters. The van der Waals surface area contributed by atoms with E-state index >= 15 is 0 Å². The SMILES string of the molecule is Oc1ccc(Cc2nc3n(c2O)[C@H]2Cc4cc(O)ccc4[C@H]2N=C3Cc2ccccc2)cc1. The Balaban J connectivity index is 1.45. The summed E-state index contributed by atoms with van der Waals surface area (Å²) in [4.78, 5) is 9.99. The maximum Gasteiger partial charge on any atom is 0.215 e. The average molecular weight is 437 g/mol. The minimum Gasteiger partial charge on any atom is -0.508 e. The molecule has 3 N–H and O–H groups in total. The number of aromatic hydroxyl groups is 3. The van der Waals surface area contributed by atoms with E-state index in [-0.39, 0.29) is 29.5 Å². The number of hydrogen-bond donors (Lipinski definition) is 3. The highest BCUT2D eigenvalue weighted by Crippen LogP contribution is 2.48. The van der Waals surface area contributed by atoms with Gasteiger partial charge in [-0.2, -0.15) is 0 Å². The second-order valence-corrected chi connectivity index (χ2v) is 8.76. The van der Waals surface area contributed by atoms with Crippen LogP contribution in [-0.4, -0.2) is 30.6 Å². The van der Waals surface area contributed by atoms with Crippen LogP contribution in [0.4, 0.5) is 0 Å². The molecule has 0 bridgehead atoms. The molecule has 3 aromatic carbocycles. The van der Waals surface area contributed by atoms with Crippen molar-refractivity contribution in [3.8, 4) is 17.4 Å². The standard InChI is InChI=1S/C27H23N3O3/c31-19-8-6-17(7-9-19)13-23-27(33)30-24-15-18-14-20(32)10-11-21(18)25(24)28-22(26(30)29-23)12-16-4-2-1-3-5-16/h1-11,14,24-25,31-33H,12-13,15H2/t24-,25+/m0/s1. The van der Waals surface area contributed by atoms with Gasteiger partial charge in [0.15, 0.2) is 5.82 Å². The van der Waals surface area contributed by atoms with Crippen LogP contribution in [0.2, 0.25) is 0 Å². The van der Waals surface area contributed by atoms with E-state index in [0.717, 1.165) is 28.0 Å². The molecule has 0 fully saturated rings. The first-order valence-electron chi connectivity index (χ1n) is 11.1. The van der Waals surface area contributed by atoms with Crippen LogP contribution in [0.15, 0.2) is 77.8 Å². The topological polar surface area (TPSA) is 90.9 Å². The molecule has 0 spiro atoms. The molecule has 6 rings (SSSR count). The number of phenols is 2. The summed E-state index contributed by atoms with van der Waals surface area (Å²) >= 11 is 0. The molecule has 0 saturated heterocycles. The molecule has 0 saturated carbocycles. The fourth-order valence-electron chi connectivity index (χ4n) is 5.04. The van der Waals surface area contributed by atoms with E-state index in [1.807, 2.05) is 41.0 Å². The van der Waals surface area contributed by atoms with Crippen molar-refractivity contribution in [2.24, 2.45) is 4.99 Å². The van der Waals surface area contributed by atoms with Gasteiger partial charge < -0.3 is 15.3 Å². The number of fused-ring (bicyclic) bond motifs is 5. The lowest BCUT2D eigenvalue weighted by atomic mass is 10.0. The zero-order valence-electron chi connectivity index (χ0n) is 17.9. The summed E-state index contributed by atoms with van der Waals surface area (Å²) in [6.45, 7) is 0. The lowest BCUT2D eigenvalue weighted by Gasteiger charge is -2.27. The van der Waals surface area contributed by atoms with Crippen LogP contribution in [0.25, 0.3) is 0 Å². The average Bonchev–Trinajstić information content (AvgIpc) is 3.33. The van der Waals surface area contributed by atoms with E-state index < -0.39 is 0 Å². The maximum absolute atomic E-state index is 11.3. The molecule has 1 aromatic heterocycles. The third-order valence-corrected chi connectivity index (χ3v) is 6.60. The molecule has 6 heteroatoms. The van der Waals surface area contributed by atoms with Crippen LogP contribution < -0.4 is 0 Å². The van der Waals surface area contributed by atoms with Crippen LogP contribution in [0.5, 0.6) is 17.4 Å². The molecule has 2 atom stereocenters. The second-order valence-electron chi connectivity index (χ2n) is 8.76. The Morgan fingerprint density at radius 2 is 1.55 bits per heavy atom. The molecule has 0 radical (unpaired) electrons. The normalized spacial score (nSPS) is 18.4. The molecular formula is C27H23N3O3. The van der Waals surface area contributed by atoms with E-state index in [9.17, 15) is 15.3 Å². The third-order valence-electron chi connectivity index (χ3n) is 6.60. The minimum absolute atomic E-state index is 0.0857. The predicted molar refractivity (Wildman–Crippen MR) is 125 cm³/mol. The fraction of sp³-hybridized carbons (Fsp3) is 0.185. The van der Waals surface area contributed by atoms with Gasteiger partial charge in [-0.15, -0.1) is 0 Å². The monoisotopic (exact) mass is 437 g/mol. The van der Waals surface area contributed by atoms with E-state index in [0.29, 0.717) is 30.8 Å². The summed E-state index contributed by atoms with van der Waals surface area (Å²) < 4.78 is 1.93. The molecular weight excluding hydrogens is 414 g/mol. The van der Waals surface area contributed by atoms with Crippen LogP contribution in [0.3, 0.4) is 0 Å². The molecule has 33 heavy (non-hydrogen) atoms. The van der Waals surface area contributed by atoms with Crippen LogP contribution in [0, 0.1) is 0 Å². The summed E-state index contributed by atoms with van der Waals surface area (Å²) in [5.74, 6) is 1.30. The Hall–Kier alpha value is -4.06. The molecule has 164 valence electrons. The van der Waals surface area contributed by atoms with E-state index in [4.69, 9.17) is 9.98 Å². The number of imidazole rings is 1. The molecule has 0 amide bonds. The highest BCUT2D eigenvalue weighted by Gasteiger charge is 2.41. The number of hydrogen-bond acceptors (Lipinski definition) is 5. The number of aliphatic imine (C=N–C) groups is 1. The second kappa shape index (κ2) is 7.52.